The number of amides is 1. The highest BCUT2D eigenvalue weighted by atomic mass is 32.1. The molecule has 122 valence electrons. The average Bonchev–Trinajstić information content (AvgIpc) is 3.23. The molecule has 1 amide bonds. The van der Waals surface area contributed by atoms with E-state index in [4.69, 9.17) is 9.26 Å². The maximum absolute atomic E-state index is 12.3. The monoisotopic (exact) mass is 344 g/mol. The largest absolute Gasteiger partial charge is 0.497 e. The number of hydrogen-bond donors (Lipinski definition) is 2. The molecule has 0 unspecified atom stereocenters. The van der Waals surface area contributed by atoms with Gasteiger partial charge in [0.15, 0.2) is 5.56 Å². The van der Waals surface area contributed by atoms with Crippen molar-refractivity contribution in [3.8, 4) is 16.3 Å². The van der Waals surface area contributed by atoms with Gasteiger partial charge in [-0.3, -0.25) is 10.1 Å². The van der Waals surface area contributed by atoms with E-state index in [2.05, 4.69) is 10.5 Å². The van der Waals surface area contributed by atoms with Crippen molar-refractivity contribution in [2.75, 3.05) is 12.4 Å². The lowest BCUT2D eigenvalue weighted by Crippen LogP contribution is -2.13. The molecule has 7 nitrogen and oxygen atoms in total. The van der Waals surface area contributed by atoms with Crippen LogP contribution >= 0.6 is 11.3 Å². The third kappa shape index (κ3) is 2.99. The third-order valence-corrected chi connectivity index (χ3v) is 4.12. The molecule has 2 heterocycles. The van der Waals surface area contributed by atoms with Crippen molar-refractivity contribution in [2.24, 2.45) is 0 Å². The summed E-state index contributed by atoms with van der Waals surface area (Å²) < 4.78 is 10.1. The van der Waals surface area contributed by atoms with Crippen molar-refractivity contribution >= 4 is 29.1 Å². The Morgan fingerprint density at radius 3 is 2.58 bits per heavy atom. The average molecular weight is 344 g/mol. The number of nitrogens with one attached hydrogen (secondary N) is 1. The number of carboxylic acid groups (broad SMARTS) is 1. The van der Waals surface area contributed by atoms with Crippen LogP contribution < -0.4 is 10.1 Å². The second kappa shape index (κ2) is 6.55. The molecule has 0 aliphatic carbocycles. The summed E-state index contributed by atoms with van der Waals surface area (Å²) in [5, 5.41) is 17.4. The Kier molecular flexibility index (Phi) is 4.30. The molecule has 24 heavy (non-hydrogen) atoms. The van der Waals surface area contributed by atoms with Crippen LogP contribution in [0.1, 0.15) is 20.7 Å². The summed E-state index contributed by atoms with van der Waals surface area (Å²) >= 11 is 1.33. The van der Waals surface area contributed by atoms with Gasteiger partial charge in [-0.2, -0.15) is 0 Å². The van der Waals surface area contributed by atoms with Crippen molar-refractivity contribution in [2.45, 2.75) is 0 Å². The van der Waals surface area contributed by atoms with Crippen LogP contribution in [0.5, 0.6) is 5.75 Å². The Hall–Kier alpha value is -3.13. The molecule has 2 aromatic heterocycles. The van der Waals surface area contributed by atoms with E-state index in [1.165, 1.54) is 18.4 Å². The first-order valence-corrected chi connectivity index (χ1v) is 7.70. The molecule has 0 bridgehead atoms. The number of methoxy groups -OCH3 is 1. The van der Waals surface area contributed by atoms with Crippen molar-refractivity contribution in [3.63, 3.8) is 0 Å². The summed E-state index contributed by atoms with van der Waals surface area (Å²) in [5.41, 5.74) is 0.336. The van der Waals surface area contributed by atoms with Crippen LogP contribution in [0.25, 0.3) is 10.6 Å². The van der Waals surface area contributed by atoms with Gasteiger partial charge in [0.1, 0.15) is 11.4 Å². The second-order valence-electron chi connectivity index (χ2n) is 4.70. The van der Waals surface area contributed by atoms with Gasteiger partial charge in [0.25, 0.3) is 5.91 Å². The van der Waals surface area contributed by atoms with Crippen molar-refractivity contribution in [1.29, 1.82) is 0 Å². The predicted molar refractivity (Wildman–Crippen MR) is 87.7 cm³/mol. The summed E-state index contributed by atoms with van der Waals surface area (Å²) in [6.45, 7) is 0. The summed E-state index contributed by atoms with van der Waals surface area (Å²) in [4.78, 5) is 24.4. The Balaban J connectivity index is 1.89. The first-order valence-electron chi connectivity index (χ1n) is 6.82. The summed E-state index contributed by atoms with van der Waals surface area (Å²) in [6.07, 6.45) is 0. The fourth-order valence-corrected chi connectivity index (χ4v) is 2.78. The second-order valence-corrected chi connectivity index (χ2v) is 5.65. The fourth-order valence-electron chi connectivity index (χ4n) is 2.07. The SMILES string of the molecule is COc1ccc(C(=O)Nc2onc(-c3cccs3)c2C(=O)O)cc1. The molecule has 0 aliphatic rings. The molecule has 0 fully saturated rings. The van der Waals surface area contributed by atoms with Gasteiger partial charge < -0.3 is 14.4 Å². The fraction of sp³-hybridized carbons (Fsp3) is 0.0625. The van der Waals surface area contributed by atoms with Gasteiger partial charge >= 0.3 is 5.97 Å². The molecule has 3 aromatic rings. The highest BCUT2D eigenvalue weighted by Crippen LogP contribution is 2.32. The van der Waals surface area contributed by atoms with Crippen molar-refractivity contribution < 1.29 is 24.0 Å². The lowest BCUT2D eigenvalue weighted by atomic mass is 10.2. The number of ether oxygens (including phenoxy) is 1. The number of carbonyl (C=O) groups excluding carboxylic acids is 1. The van der Waals surface area contributed by atoms with Gasteiger partial charge in [-0.05, 0) is 35.7 Å². The zero-order valence-corrected chi connectivity index (χ0v) is 13.3. The Morgan fingerprint density at radius 1 is 1.25 bits per heavy atom. The van der Waals surface area contributed by atoms with E-state index in [0.29, 0.717) is 16.2 Å². The molecule has 0 atom stereocenters. The molecule has 8 heteroatoms. The molecular weight excluding hydrogens is 332 g/mol. The molecule has 1 aromatic carbocycles. The molecule has 0 saturated heterocycles. The van der Waals surface area contributed by atoms with E-state index < -0.39 is 11.9 Å². The number of carbonyl (C=O) groups is 2. The maximum atomic E-state index is 12.3. The van der Waals surface area contributed by atoms with Crippen molar-refractivity contribution in [3.05, 3.63) is 52.9 Å². The minimum atomic E-state index is -1.23. The molecule has 0 aliphatic heterocycles. The van der Waals surface area contributed by atoms with E-state index in [1.54, 1.807) is 41.8 Å². The normalized spacial score (nSPS) is 10.4. The van der Waals surface area contributed by atoms with Crippen LogP contribution in [0.4, 0.5) is 5.88 Å². The number of nitrogens with zero attached hydrogens (tertiary/aromatic N) is 1. The maximum Gasteiger partial charge on any atom is 0.343 e. The van der Waals surface area contributed by atoms with Gasteiger partial charge in [0.2, 0.25) is 5.88 Å². The molecule has 0 saturated carbocycles. The van der Waals surface area contributed by atoms with Gasteiger partial charge in [-0.25, -0.2) is 4.79 Å². The van der Waals surface area contributed by atoms with Crippen LogP contribution in [0.3, 0.4) is 0 Å². The number of thiophene rings is 1. The Morgan fingerprint density at radius 2 is 2.00 bits per heavy atom. The van der Waals surface area contributed by atoms with E-state index in [0.717, 1.165) is 0 Å². The zero-order chi connectivity index (χ0) is 17.1. The number of carboxylic acids is 1. The number of aromatic nitrogens is 1. The van der Waals surface area contributed by atoms with E-state index in [-0.39, 0.29) is 17.1 Å². The minimum Gasteiger partial charge on any atom is -0.497 e. The standard InChI is InChI=1S/C16H12N2O5S/c1-22-10-6-4-9(5-7-10)14(19)17-15-12(16(20)21)13(18-23-15)11-3-2-8-24-11/h2-8H,1H3,(H,17,19)(H,20,21). The Labute approximate surface area is 140 Å². The first-order chi connectivity index (χ1) is 11.6. The number of hydrogen-bond acceptors (Lipinski definition) is 6. The quantitative estimate of drug-likeness (QED) is 0.736. The van der Waals surface area contributed by atoms with Crippen LogP contribution in [0.2, 0.25) is 0 Å². The number of rotatable bonds is 5. The Bertz CT molecular complexity index is 869. The van der Waals surface area contributed by atoms with Crippen LogP contribution in [-0.2, 0) is 0 Å². The molecule has 0 radical (unpaired) electrons. The lowest BCUT2D eigenvalue weighted by Gasteiger charge is -2.04. The van der Waals surface area contributed by atoms with Gasteiger partial charge in [0.05, 0.1) is 12.0 Å². The smallest absolute Gasteiger partial charge is 0.343 e. The number of anilines is 1. The van der Waals surface area contributed by atoms with Crippen molar-refractivity contribution in [1.82, 2.24) is 5.16 Å². The van der Waals surface area contributed by atoms with Crippen LogP contribution in [0.15, 0.2) is 46.3 Å². The van der Waals surface area contributed by atoms with E-state index in [1.807, 2.05) is 0 Å². The number of benzene rings is 1. The molecule has 0 spiro atoms. The highest BCUT2D eigenvalue weighted by Gasteiger charge is 2.25. The summed E-state index contributed by atoms with van der Waals surface area (Å²) in [7, 11) is 1.52. The number of aromatic carboxylic acids is 1. The minimum absolute atomic E-state index is 0.181. The van der Waals surface area contributed by atoms with E-state index >= 15 is 0 Å². The van der Waals surface area contributed by atoms with Crippen LogP contribution in [-0.4, -0.2) is 29.2 Å². The highest BCUT2D eigenvalue weighted by molar-refractivity contribution is 7.13. The third-order valence-electron chi connectivity index (χ3n) is 3.24. The summed E-state index contributed by atoms with van der Waals surface area (Å²) in [5.74, 6) is -1.33. The molecule has 2 N–H and O–H groups in total. The van der Waals surface area contributed by atoms with E-state index in [9.17, 15) is 14.7 Å². The van der Waals surface area contributed by atoms with Gasteiger partial charge in [0, 0.05) is 5.56 Å². The zero-order valence-electron chi connectivity index (χ0n) is 12.5. The predicted octanol–water partition coefficient (Wildman–Crippen LogP) is 3.36. The van der Waals surface area contributed by atoms with Gasteiger partial charge in [-0.1, -0.05) is 11.2 Å². The van der Waals surface area contributed by atoms with Crippen LogP contribution in [0, 0.1) is 0 Å². The first kappa shape index (κ1) is 15.8. The molecular formula is C16H12N2O5S. The lowest BCUT2D eigenvalue weighted by molar-refractivity contribution is 0.0698. The van der Waals surface area contributed by atoms with Gasteiger partial charge in [-0.15, -0.1) is 11.3 Å². The topological polar surface area (TPSA) is 102 Å². The summed E-state index contributed by atoms with van der Waals surface area (Å²) in [6, 6.07) is 9.88. The molecule has 3 rings (SSSR count).